The second-order valence-electron chi connectivity index (χ2n) is 5.39. The molecule has 0 saturated carbocycles. The molecule has 1 fully saturated rings. The molecule has 1 aliphatic heterocycles. The minimum absolute atomic E-state index is 0.0910. The molecule has 2 rings (SSSR count). The van der Waals surface area contributed by atoms with Crippen molar-refractivity contribution in [1.29, 1.82) is 5.26 Å². The Morgan fingerprint density at radius 1 is 1.38 bits per heavy atom. The third kappa shape index (κ3) is 4.85. The molecule has 1 aromatic rings. The van der Waals surface area contributed by atoms with Gasteiger partial charge >= 0.3 is 5.97 Å². The highest BCUT2D eigenvalue weighted by molar-refractivity contribution is 5.74. The molecule has 0 radical (unpaired) electrons. The average Bonchev–Trinajstić information content (AvgIpc) is 3.09. The van der Waals surface area contributed by atoms with E-state index in [9.17, 15) is 4.79 Å². The normalized spacial score (nSPS) is 19.5. The van der Waals surface area contributed by atoms with Gasteiger partial charge in [0.1, 0.15) is 12.4 Å². The van der Waals surface area contributed by atoms with Crippen molar-refractivity contribution in [3.05, 3.63) is 23.8 Å². The lowest BCUT2D eigenvalue weighted by molar-refractivity contribution is -0.152. The second kappa shape index (κ2) is 9.11. The first-order valence-corrected chi connectivity index (χ1v) is 7.81. The molecule has 24 heavy (non-hydrogen) atoms. The summed E-state index contributed by atoms with van der Waals surface area (Å²) in [4.78, 5) is 11.5. The summed E-state index contributed by atoms with van der Waals surface area (Å²) in [5.41, 5.74) is 1.26. The Hall–Kier alpha value is -2.30. The van der Waals surface area contributed by atoms with Gasteiger partial charge in [0.05, 0.1) is 37.1 Å². The zero-order valence-electron chi connectivity index (χ0n) is 13.9. The number of nitrogens with one attached hydrogen (secondary N) is 1. The van der Waals surface area contributed by atoms with Gasteiger partial charge in [0.15, 0.2) is 6.10 Å². The Balaban J connectivity index is 1.95. The quantitative estimate of drug-likeness (QED) is 0.572. The molecule has 0 spiro atoms. The summed E-state index contributed by atoms with van der Waals surface area (Å²) in [5, 5.41) is 12.3. The van der Waals surface area contributed by atoms with Crippen molar-refractivity contribution >= 4 is 11.7 Å². The number of methoxy groups -OCH3 is 2. The van der Waals surface area contributed by atoms with Gasteiger partial charge in [0.2, 0.25) is 0 Å². The number of ether oxygens (including phenoxy) is 4. The smallest absolute Gasteiger partial charge is 0.334 e. The number of benzene rings is 1. The SMILES string of the molecule is COCCOc1ccc(C#N)cc1NC[C@@H]1CC[C@H](C(=O)OC)O1. The Labute approximate surface area is 141 Å². The van der Waals surface area contributed by atoms with Crippen molar-refractivity contribution < 1.29 is 23.7 Å². The topological polar surface area (TPSA) is 89.8 Å². The van der Waals surface area contributed by atoms with E-state index in [2.05, 4.69) is 11.4 Å². The Morgan fingerprint density at radius 3 is 2.92 bits per heavy atom. The number of hydrogen-bond donors (Lipinski definition) is 1. The summed E-state index contributed by atoms with van der Waals surface area (Å²) in [6, 6.07) is 7.29. The van der Waals surface area contributed by atoms with Crippen LogP contribution in [0, 0.1) is 11.3 Å². The molecule has 1 aliphatic rings. The van der Waals surface area contributed by atoms with E-state index in [1.54, 1.807) is 25.3 Å². The van der Waals surface area contributed by atoms with Crippen molar-refractivity contribution in [1.82, 2.24) is 0 Å². The molecule has 1 N–H and O–H groups in total. The molecule has 0 aromatic heterocycles. The maximum absolute atomic E-state index is 11.5. The van der Waals surface area contributed by atoms with Gasteiger partial charge in [0, 0.05) is 13.7 Å². The van der Waals surface area contributed by atoms with Crippen molar-refractivity contribution in [2.75, 3.05) is 39.3 Å². The van der Waals surface area contributed by atoms with Crippen LogP contribution in [0.1, 0.15) is 18.4 Å². The average molecular weight is 334 g/mol. The molecule has 2 atom stereocenters. The number of anilines is 1. The van der Waals surface area contributed by atoms with Crippen LogP contribution in [0.5, 0.6) is 5.75 Å². The lowest BCUT2D eigenvalue weighted by atomic mass is 10.1. The van der Waals surface area contributed by atoms with E-state index >= 15 is 0 Å². The minimum atomic E-state index is -0.496. The van der Waals surface area contributed by atoms with Crippen molar-refractivity contribution in [2.24, 2.45) is 0 Å². The summed E-state index contributed by atoms with van der Waals surface area (Å²) in [7, 11) is 2.96. The Kier molecular flexibility index (Phi) is 6.85. The van der Waals surface area contributed by atoms with E-state index in [-0.39, 0.29) is 12.1 Å². The number of nitriles is 1. The van der Waals surface area contributed by atoms with Crippen LogP contribution in [0.25, 0.3) is 0 Å². The molecule has 7 heteroatoms. The fourth-order valence-corrected chi connectivity index (χ4v) is 2.48. The fourth-order valence-electron chi connectivity index (χ4n) is 2.48. The van der Waals surface area contributed by atoms with Gasteiger partial charge in [-0.05, 0) is 31.0 Å². The molecule has 0 aliphatic carbocycles. The van der Waals surface area contributed by atoms with Crippen molar-refractivity contribution in [3.8, 4) is 11.8 Å². The monoisotopic (exact) mass is 334 g/mol. The number of hydrogen-bond acceptors (Lipinski definition) is 7. The van der Waals surface area contributed by atoms with Crippen LogP contribution >= 0.6 is 0 Å². The zero-order chi connectivity index (χ0) is 17.4. The molecule has 1 aromatic carbocycles. The van der Waals surface area contributed by atoms with Gasteiger partial charge in [-0.2, -0.15) is 5.26 Å². The predicted molar refractivity (Wildman–Crippen MR) is 86.9 cm³/mol. The number of carbonyl (C=O) groups excluding carboxylic acids is 1. The molecule has 0 unspecified atom stereocenters. The van der Waals surface area contributed by atoms with Gasteiger partial charge in [-0.25, -0.2) is 4.79 Å². The maximum atomic E-state index is 11.5. The second-order valence-corrected chi connectivity index (χ2v) is 5.39. The summed E-state index contributed by atoms with van der Waals surface area (Å²) < 4.78 is 21.0. The van der Waals surface area contributed by atoms with Crippen LogP contribution in [0.3, 0.4) is 0 Å². The molecule has 1 saturated heterocycles. The van der Waals surface area contributed by atoms with E-state index in [1.807, 2.05) is 0 Å². The maximum Gasteiger partial charge on any atom is 0.334 e. The zero-order valence-corrected chi connectivity index (χ0v) is 13.9. The first-order valence-electron chi connectivity index (χ1n) is 7.81. The highest BCUT2D eigenvalue weighted by Crippen LogP contribution is 2.27. The van der Waals surface area contributed by atoms with E-state index in [4.69, 9.17) is 24.2 Å². The third-order valence-corrected chi connectivity index (χ3v) is 3.75. The summed E-state index contributed by atoms with van der Waals surface area (Å²) in [6.07, 6.45) is 0.829. The lowest BCUT2D eigenvalue weighted by Gasteiger charge is -2.17. The number of esters is 1. The highest BCUT2D eigenvalue weighted by atomic mass is 16.6. The van der Waals surface area contributed by atoms with Crippen LogP contribution in [-0.2, 0) is 19.0 Å². The molecule has 130 valence electrons. The van der Waals surface area contributed by atoms with Gasteiger partial charge in [-0.1, -0.05) is 0 Å². The fraction of sp³-hybridized carbons (Fsp3) is 0.529. The molecule has 1 heterocycles. The number of nitrogens with zero attached hydrogens (tertiary/aromatic N) is 1. The largest absolute Gasteiger partial charge is 0.489 e. The van der Waals surface area contributed by atoms with Crippen LogP contribution in [-0.4, -0.2) is 52.2 Å². The van der Waals surface area contributed by atoms with E-state index in [1.165, 1.54) is 7.11 Å². The Morgan fingerprint density at radius 2 is 2.21 bits per heavy atom. The van der Waals surface area contributed by atoms with Crippen LogP contribution < -0.4 is 10.1 Å². The molecular weight excluding hydrogens is 312 g/mol. The minimum Gasteiger partial charge on any atom is -0.489 e. The molecule has 0 bridgehead atoms. The Bertz CT molecular complexity index is 599. The molecule has 0 amide bonds. The van der Waals surface area contributed by atoms with Crippen LogP contribution in [0.2, 0.25) is 0 Å². The molecular formula is C17H22N2O5. The van der Waals surface area contributed by atoms with E-state index in [0.29, 0.717) is 37.5 Å². The van der Waals surface area contributed by atoms with E-state index in [0.717, 1.165) is 12.1 Å². The van der Waals surface area contributed by atoms with Crippen molar-refractivity contribution in [2.45, 2.75) is 25.0 Å². The number of rotatable bonds is 8. The lowest BCUT2D eigenvalue weighted by Crippen LogP contribution is -2.25. The predicted octanol–water partition coefficient (Wildman–Crippen LogP) is 1.72. The van der Waals surface area contributed by atoms with Gasteiger partial charge in [-0.3, -0.25) is 0 Å². The first-order chi connectivity index (χ1) is 11.7. The summed E-state index contributed by atoms with van der Waals surface area (Å²) in [6.45, 7) is 1.41. The van der Waals surface area contributed by atoms with Crippen LogP contribution in [0.4, 0.5) is 5.69 Å². The van der Waals surface area contributed by atoms with E-state index < -0.39 is 6.10 Å². The van der Waals surface area contributed by atoms with Crippen molar-refractivity contribution in [3.63, 3.8) is 0 Å². The standard InChI is InChI=1S/C17H22N2O5/c1-21-7-8-23-15-5-3-12(10-18)9-14(15)19-11-13-4-6-16(24-13)17(20)22-2/h3,5,9,13,16,19H,4,6-8,11H2,1-2H3/t13-,16+/m0/s1. The van der Waals surface area contributed by atoms with Gasteiger partial charge in [-0.15, -0.1) is 0 Å². The summed E-state index contributed by atoms with van der Waals surface area (Å²) in [5.74, 6) is 0.307. The van der Waals surface area contributed by atoms with Gasteiger partial charge in [0.25, 0.3) is 0 Å². The third-order valence-electron chi connectivity index (χ3n) is 3.75. The molecule has 7 nitrogen and oxygen atoms in total. The number of carbonyl (C=O) groups is 1. The van der Waals surface area contributed by atoms with Crippen LogP contribution in [0.15, 0.2) is 18.2 Å². The van der Waals surface area contributed by atoms with Gasteiger partial charge < -0.3 is 24.3 Å². The highest BCUT2D eigenvalue weighted by Gasteiger charge is 2.31. The first kappa shape index (κ1) is 18.0. The summed E-state index contributed by atoms with van der Waals surface area (Å²) >= 11 is 0.